The first-order valence-electron chi connectivity index (χ1n) is 7.42. The number of nitrogens with zero attached hydrogens (tertiary/aromatic N) is 1. The molecule has 0 saturated heterocycles. The summed E-state index contributed by atoms with van der Waals surface area (Å²) in [6, 6.07) is 10.8. The minimum atomic E-state index is -0.501. The number of anilines is 1. The number of rotatable bonds is 4. The Morgan fingerprint density at radius 1 is 1.32 bits per heavy atom. The highest BCUT2D eigenvalue weighted by Crippen LogP contribution is 2.35. The fourth-order valence-electron chi connectivity index (χ4n) is 2.21. The van der Waals surface area contributed by atoms with Crippen molar-refractivity contribution in [3.05, 3.63) is 57.1 Å². The number of hydrogen-bond acceptors (Lipinski definition) is 4. The molecule has 0 unspecified atom stereocenters. The zero-order valence-corrected chi connectivity index (χ0v) is 15.6. The summed E-state index contributed by atoms with van der Waals surface area (Å²) >= 11 is 3.22. The molecule has 0 aromatic heterocycles. The van der Waals surface area contributed by atoms with E-state index in [4.69, 9.17) is 4.74 Å². The van der Waals surface area contributed by atoms with Crippen molar-refractivity contribution in [1.82, 2.24) is 0 Å². The molecule has 0 heterocycles. The highest BCUT2D eigenvalue weighted by molar-refractivity contribution is 9.10. The fraction of sp³-hybridized carbons (Fsp3) is 0.158. The zero-order chi connectivity index (χ0) is 18.6. The summed E-state index contributed by atoms with van der Waals surface area (Å²) in [6.45, 7) is 3.81. The van der Waals surface area contributed by atoms with Crippen molar-refractivity contribution in [3.8, 4) is 17.6 Å². The third-order valence-corrected chi connectivity index (χ3v) is 4.19. The number of phenols is 1. The van der Waals surface area contributed by atoms with Crippen molar-refractivity contribution in [2.24, 2.45) is 0 Å². The third-order valence-electron chi connectivity index (χ3n) is 3.59. The Morgan fingerprint density at radius 2 is 2.04 bits per heavy atom. The van der Waals surface area contributed by atoms with Crippen molar-refractivity contribution >= 4 is 33.6 Å². The average Bonchev–Trinajstić information content (AvgIpc) is 2.58. The topological polar surface area (TPSA) is 82.3 Å². The van der Waals surface area contributed by atoms with Crippen LogP contribution < -0.4 is 10.1 Å². The van der Waals surface area contributed by atoms with Gasteiger partial charge in [-0.1, -0.05) is 12.1 Å². The minimum Gasteiger partial charge on any atom is -0.503 e. The number of aromatic hydroxyl groups is 1. The van der Waals surface area contributed by atoms with Gasteiger partial charge in [-0.25, -0.2) is 0 Å². The first-order chi connectivity index (χ1) is 11.8. The number of halogens is 1. The molecule has 0 saturated carbocycles. The molecular weight excluding hydrogens is 384 g/mol. The Bertz CT molecular complexity index is 898. The molecular formula is C19H17BrN2O3. The standard InChI is InChI=1S/C19H17BrN2O3/c1-11-4-5-12(2)16(6-11)22-19(24)14(10-21)7-13-8-15(20)18(23)17(9-13)25-3/h4-9,23H,1-3H3,(H,22,24)/b14-7-. The molecule has 5 nitrogen and oxygen atoms in total. The second-order valence-electron chi connectivity index (χ2n) is 5.50. The lowest BCUT2D eigenvalue weighted by Gasteiger charge is -2.09. The molecule has 2 aromatic carbocycles. The highest BCUT2D eigenvalue weighted by atomic mass is 79.9. The molecule has 1 amide bonds. The van der Waals surface area contributed by atoms with Gasteiger partial charge in [-0.05, 0) is 70.7 Å². The summed E-state index contributed by atoms with van der Waals surface area (Å²) < 4.78 is 5.48. The van der Waals surface area contributed by atoms with Crippen LogP contribution >= 0.6 is 15.9 Å². The van der Waals surface area contributed by atoms with Crippen molar-refractivity contribution < 1.29 is 14.6 Å². The Kier molecular flexibility index (Phi) is 5.84. The molecule has 0 aliphatic heterocycles. The molecule has 128 valence electrons. The molecule has 2 N–H and O–H groups in total. The van der Waals surface area contributed by atoms with Gasteiger partial charge in [0.1, 0.15) is 11.6 Å². The average molecular weight is 401 g/mol. The maximum absolute atomic E-state index is 12.4. The number of hydrogen-bond donors (Lipinski definition) is 2. The normalized spacial score (nSPS) is 10.9. The van der Waals surface area contributed by atoms with E-state index in [2.05, 4.69) is 21.2 Å². The second-order valence-corrected chi connectivity index (χ2v) is 6.35. The highest BCUT2D eigenvalue weighted by Gasteiger charge is 2.13. The summed E-state index contributed by atoms with van der Waals surface area (Å²) in [7, 11) is 1.42. The van der Waals surface area contributed by atoms with Crippen LogP contribution in [0.15, 0.2) is 40.4 Å². The lowest BCUT2D eigenvalue weighted by molar-refractivity contribution is -0.112. The van der Waals surface area contributed by atoms with E-state index in [1.165, 1.54) is 13.2 Å². The van der Waals surface area contributed by atoms with Crippen LogP contribution in [-0.4, -0.2) is 18.1 Å². The largest absolute Gasteiger partial charge is 0.503 e. The molecule has 2 aromatic rings. The van der Waals surface area contributed by atoms with Gasteiger partial charge in [0.25, 0.3) is 5.91 Å². The number of carbonyl (C=O) groups excluding carboxylic acids is 1. The van der Waals surface area contributed by atoms with Crippen molar-refractivity contribution in [2.75, 3.05) is 12.4 Å². The van der Waals surface area contributed by atoms with Gasteiger partial charge < -0.3 is 15.2 Å². The van der Waals surface area contributed by atoms with Gasteiger partial charge in [0.15, 0.2) is 11.5 Å². The predicted octanol–water partition coefficient (Wildman–Crippen LogP) is 4.33. The van der Waals surface area contributed by atoms with Gasteiger partial charge >= 0.3 is 0 Å². The lowest BCUT2D eigenvalue weighted by atomic mass is 10.1. The second kappa shape index (κ2) is 7.86. The maximum Gasteiger partial charge on any atom is 0.266 e. The van der Waals surface area contributed by atoms with Gasteiger partial charge in [0.05, 0.1) is 11.6 Å². The van der Waals surface area contributed by atoms with Crippen LogP contribution in [-0.2, 0) is 4.79 Å². The Morgan fingerprint density at radius 3 is 2.68 bits per heavy atom. The molecule has 0 bridgehead atoms. The first-order valence-corrected chi connectivity index (χ1v) is 8.22. The number of ether oxygens (including phenoxy) is 1. The molecule has 0 aliphatic carbocycles. The monoisotopic (exact) mass is 400 g/mol. The zero-order valence-electron chi connectivity index (χ0n) is 14.1. The van der Waals surface area contributed by atoms with Crippen LogP contribution in [0.5, 0.6) is 11.5 Å². The summed E-state index contributed by atoms with van der Waals surface area (Å²) in [5, 5.41) is 21.9. The molecule has 25 heavy (non-hydrogen) atoms. The molecule has 0 aliphatic rings. The SMILES string of the molecule is COc1cc(/C=C(/C#N)C(=O)Nc2cc(C)ccc2C)cc(Br)c1O. The van der Waals surface area contributed by atoms with Crippen LogP contribution in [0, 0.1) is 25.2 Å². The smallest absolute Gasteiger partial charge is 0.266 e. The molecule has 6 heteroatoms. The van der Waals surface area contributed by atoms with Crippen LogP contribution in [0.4, 0.5) is 5.69 Å². The molecule has 0 spiro atoms. The number of amides is 1. The quantitative estimate of drug-likeness (QED) is 0.590. The van der Waals surface area contributed by atoms with Gasteiger partial charge in [0.2, 0.25) is 0 Å². The Hall–Kier alpha value is -2.78. The Labute approximate surface area is 154 Å². The molecule has 0 radical (unpaired) electrons. The summed E-state index contributed by atoms with van der Waals surface area (Å²) in [5.41, 5.74) is 3.08. The van der Waals surface area contributed by atoms with Crippen molar-refractivity contribution in [3.63, 3.8) is 0 Å². The van der Waals surface area contributed by atoms with E-state index in [0.717, 1.165) is 11.1 Å². The van der Waals surface area contributed by atoms with E-state index in [1.807, 2.05) is 38.1 Å². The van der Waals surface area contributed by atoms with Crippen molar-refractivity contribution in [2.45, 2.75) is 13.8 Å². The first kappa shape index (κ1) is 18.6. The van der Waals surface area contributed by atoms with Crippen LogP contribution in [0.3, 0.4) is 0 Å². The van der Waals surface area contributed by atoms with E-state index in [1.54, 1.807) is 12.1 Å². The van der Waals surface area contributed by atoms with E-state index < -0.39 is 5.91 Å². The molecule has 2 rings (SSSR count). The fourth-order valence-corrected chi connectivity index (χ4v) is 2.67. The number of methoxy groups -OCH3 is 1. The molecule has 0 atom stereocenters. The van der Waals surface area contributed by atoms with Crippen LogP contribution in [0.25, 0.3) is 6.08 Å². The van der Waals surface area contributed by atoms with E-state index in [9.17, 15) is 15.2 Å². The number of nitrogens with one attached hydrogen (secondary N) is 1. The van der Waals surface area contributed by atoms with Crippen LogP contribution in [0.1, 0.15) is 16.7 Å². The summed E-state index contributed by atoms with van der Waals surface area (Å²) in [4.78, 5) is 12.4. The van der Waals surface area contributed by atoms with Gasteiger partial charge in [-0.15, -0.1) is 0 Å². The number of nitriles is 1. The lowest BCUT2D eigenvalue weighted by Crippen LogP contribution is -2.14. The van der Waals surface area contributed by atoms with Crippen molar-refractivity contribution in [1.29, 1.82) is 5.26 Å². The number of benzene rings is 2. The van der Waals surface area contributed by atoms with E-state index >= 15 is 0 Å². The summed E-state index contributed by atoms with van der Waals surface area (Å²) in [5.74, 6) is -0.301. The number of phenolic OH excluding ortho intramolecular Hbond substituents is 1. The van der Waals surface area contributed by atoms with Gasteiger partial charge in [0, 0.05) is 5.69 Å². The maximum atomic E-state index is 12.4. The minimum absolute atomic E-state index is 0.0435. The summed E-state index contributed by atoms with van der Waals surface area (Å²) in [6.07, 6.45) is 1.44. The Balaban J connectivity index is 2.34. The number of carbonyl (C=O) groups is 1. The number of aryl methyl sites for hydroxylation is 2. The van der Waals surface area contributed by atoms with Gasteiger partial charge in [-0.3, -0.25) is 4.79 Å². The molecule has 0 fully saturated rings. The van der Waals surface area contributed by atoms with Gasteiger partial charge in [-0.2, -0.15) is 5.26 Å². The third kappa shape index (κ3) is 4.40. The van der Waals surface area contributed by atoms with Crippen LogP contribution in [0.2, 0.25) is 0 Å². The van der Waals surface area contributed by atoms with E-state index in [0.29, 0.717) is 15.7 Å². The van der Waals surface area contributed by atoms with E-state index in [-0.39, 0.29) is 17.1 Å². The predicted molar refractivity (Wildman–Crippen MR) is 100 cm³/mol.